The quantitative estimate of drug-likeness (QED) is 0.512. The van der Waals surface area contributed by atoms with Crippen LogP contribution in [0.2, 0.25) is 0 Å². The molecule has 29 heavy (non-hydrogen) atoms. The zero-order valence-corrected chi connectivity index (χ0v) is 15.2. The summed E-state index contributed by atoms with van der Waals surface area (Å²) in [7, 11) is 0. The van der Waals surface area contributed by atoms with Crippen LogP contribution in [0.1, 0.15) is 16.2 Å². The third-order valence-corrected chi connectivity index (χ3v) is 4.69. The van der Waals surface area contributed by atoms with Gasteiger partial charge in [-0.05, 0) is 42.0 Å². The van der Waals surface area contributed by atoms with Crippen molar-refractivity contribution in [1.82, 2.24) is 24.6 Å². The molecule has 0 saturated heterocycles. The minimum absolute atomic E-state index is 0.0212. The second-order valence-corrected chi connectivity index (χ2v) is 6.53. The minimum atomic E-state index is -0.396. The van der Waals surface area contributed by atoms with Crippen molar-refractivity contribution in [1.29, 1.82) is 0 Å². The molecule has 2 aromatic carbocycles. The lowest BCUT2D eigenvalue weighted by Crippen LogP contribution is -2.31. The number of nitrogens with one attached hydrogen (secondary N) is 1. The number of nitrogens with zero attached hydrogens (tertiary/aromatic N) is 5. The first-order valence-electron chi connectivity index (χ1n) is 8.99. The van der Waals surface area contributed by atoms with Gasteiger partial charge in [0, 0.05) is 35.2 Å². The first kappa shape index (κ1) is 17.1. The van der Waals surface area contributed by atoms with E-state index in [-0.39, 0.29) is 18.2 Å². The summed E-state index contributed by atoms with van der Waals surface area (Å²) in [6.45, 7) is 0.275. The van der Waals surface area contributed by atoms with Crippen molar-refractivity contribution < 1.29 is 9.18 Å². The van der Waals surface area contributed by atoms with E-state index < -0.39 is 5.91 Å². The van der Waals surface area contributed by atoms with Gasteiger partial charge >= 0.3 is 0 Å². The van der Waals surface area contributed by atoms with Crippen LogP contribution in [0.15, 0.2) is 73.2 Å². The molecule has 1 N–H and O–H groups in total. The highest BCUT2D eigenvalue weighted by molar-refractivity contribution is 6.04. The van der Waals surface area contributed by atoms with Crippen LogP contribution in [0.5, 0.6) is 0 Å². The average molecular weight is 386 g/mol. The first-order valence-corrected chi connectivity index (χ1v) is 8.99. The lowest BCUT2D eigenvalue weighted by molar-refractivity contribution is 0.0975. The molecule has 0 aliphatic carbocycles. The van der Waals surface area contributed by atoms with Crippen molar-refractivity contribution in [3.8, 4) is 0 Å². The summed E-state index contributed by atoms with van der Waals surface area (Å²) in [4.78, 5) is 26.4. The number of hydrogen-bond acceptors (Lipinski definition) is 4. The summed E-state index contributed by atoms with van der Waals surface area (Å²) in [5.74, 6) is -0.412. The zero-order chi connectivity index (χ0) is 19.8. The Labute approximate surface area is 164 Å². The Morgan fingerprint density at radius 2 is 1.93 bits per heavy atom. The lowest BCUT2D eigenvalue weighted by Gasteiger charge is -2.21. The van der Waals surface area contributed by atoms with Crippen LogP contribution in [-0.4, -0.2) is 30.5 Å². The van der Waals surface area contributed by atoms with Gasteiger partial charge in [0.1, 0.15) is 5.82 Å². The largest absolute Gasteiger partial charge is 0.361 e. The lowest BCUT2D eigenvalue weighted by atomic mass is 10.1. The zero-order valence-electron chi connectivity index (χ0n) is 15.2. The highest BCUT2D eigenvalue weighted by Gasteiger charge is 2.24. The van der Waals surface area contributed by atoms with E-state index in [4.69, 9.17) is 0 Å². The molecule has 0 aliphatic heterocycles. The Kier molecular flexibility index (Phi) is 4.02. The number of halogens is 1. The van der Waals surface area contributed by atoms with E-state index in [0.29, 0.717) is 11.5 Å². The molecule has 0 unspecified atom stereocenters. The van der Waals surface area contributed by atoms with Gasteiger partial charge in [0.2, 0.25) is 5.82 Å². The van der Waals surface area contributed by atoms with Gasteiger partial charge in [-0.2, -0.15) is 4.98 Å². The molecular formula is C21H15FN6O. The van der Waals surface area contributed by atoms with E-state index in [2.05, 4.69) is 20.1 Å². The number of para-hydroxylation sites is 1. The summed E-state index contributed by atoms with van der Waals surface area (Å²) in [6, 6.07) is 15.3. The van der Waals surface area contributed by atoms with Crippen molar-refractivity contribution >= 4 is 28.3 Å². The van der Waals surface area contributed by atoms with E-state index in [1.807, 2.05) is 30.5 Å². The summed E-state index contributed by atoms with van der Waals surface area (Å²) >= 11 is 0. The normalized spacial score (nSPS) is 11.2. The second-order valence-electron chi connectivity index (χ2n) is 6.53. The van der Waals surface area contributed by atoms with Crippen LogP contribution in [-0.2, 0) is 6.54 Å². The first-order chi connectivity index (χ1) is 14.2. The van der Waals surface area contributed by atoms with Gasteiger partial charge in [-0.15, -0.1) is 5.10 Å². The number of rotatable bonds is 4. The maximum atomic E-state index is 13.5. The van der Waals surface area contributed by atoms with E-state index >= 15 is 0 Å². The summed E-state index contributed by atoms with van der Waals surface area (Å²) in [5, 5.41) is 5.25. The number of hydrogen-bond donors (Lipinski definition) is 1. The van der Waals surface area contributed by atoms with Crippen LogP contribution < -0.4 is 4.90 Å². The van der Waals surface area contributed by atoms with Gasteiger partial charge in [-0.1, -0.05) is 18.2 Å². The highest BCUT2D eigenvalue weighted by atomic mass is 19.1. The SMILES string of the molecule is O=C(c1nc2ncccn2n1)N(Cc1c[nH]c2ccccc12)c1ccc(F)cc1. The van der Waals surface area contributed by atoms with Crippen molar-refractivity contribution in [3.05, 3.63) is 90.4 Å². The van der Waals surface area contributed by atoms with Crippen molar-refractivity contribution in [2.45, 2.75) is 6.54 Å². The van der Waals surface area contributed by atoms with Gasteiger partial charge in [0.05, 0.1) is 6.54 Å². The average Bonchev–Trinajstić information content (AvgIpc) is 3.36. The topological polar surface area (TPSA) is 79.2 Å². The maximum Gasteiger partial charge on any atom is 0.298 e. The van der Waals surface area contributed by atoms with Crippen LogP contribution in [0, 0.1) is 5.82 Å². The summed E-state index contributed by atoms with van der Waals surface area (Å²) in [6.07, 6.45) is 5.13. The molecule has 3 aromatic heterocycles. The molecule has 5 rings (SSSR count). The Morgan fingerprint density at radius 3 is 2.76 bits per heavy atom. The summed E-state index contributed by atoms with van der Waals surface area (Å²) < 4.78 is 14.9. The molecule has 0 aliphatic rings. The smallest absolute Gasteiger partial charge is 0.298 e. The molecule has 0 fully saturated rings. The maximum absolute atomic E-state index is 13.5. The molecule has 8 heteroatoms. The molecular weight excluding hydrogens is 371 g/mol. The minimum Gasteiger partial charge on any atom is -0.361 e. The number of carbonyl (C=O) groups is 1. The van der Waals surface area contributed by atoms with Crippen LogP contribution in [0.3, 0.4) is 0 Å². The Hall–Kier alpha value is -4.07. The third kappa shape index (κ3) is 3.10. The van der Waals surface area contributed by atoms with E-state index in [1.165, 1.54) is 21.5 Å². The van der Waals surface area contributed by atoms with Gasteiger partial charge < -0.3 is 9.88 Å². The van der Waals surface area contributed by atoms with E-state index in [9.17, 15) is 9.18 Å². The van der Waals surface area contributed by atoms with E-state index in [1.54, 1.807) is 30.6 Å². The van der Waals surface area contributed by atoms with Gasteiger partial charge in [-0.25, -0.2) is 13.9 Å². The fourth-order valence-corrected chi connectivity index (χ4v) is 3.28. The molecule has 0 saturated carbocycles. The van der Waals surface area contributed by atoms with Crippen LogP contribution >= 0.6 is 0 Å². The molecule has 5 aromatic rings. The standard InChI is InChI=1S/C21H15FN6O/c22-15-6-8-16(9-7-15)27(13-14-12-24-18-5-2-1-4-17(14)18)20(29)19-25-21-23-10-3-11-28(21)26-19/h1-12,24H,13H2. The molecule has 0 radical (unpaired) electrons. The Bertz CT molecular complexity index is 1290. The number of anilines is 1. The number of aromatic amines is 1. The highest BCUT2D eigenvalue weighted by Crippen LogP contribution is 2.24. The predicted molar refractivity (Wildman–Crippen MR) is 106 cm³/mol. The monoisotopic (exact) mass is 386 g/mol. The molecule has 0 atom stereocenters. The fourth-order valence-electron chi connectivity index (χ4n) is 3.28. The van der Waals surface area contributed by atoms with Crippen molar-refractivity contribution in [3.63, 3.8) is 0 Å². The number of amides is 1. The van der Waals surface area contributed by atoms with Gasteiger partial charge in [0.25, 0.3) is 11.7 Å². The van der Waals surface area contributed by atoms with Crippen molar-refractivity contribution in [2.24, 2.45) is 0 Å². The fraction of sp³-hybridized carbons (Fsp3) is 0.0476. The molecule has 142 valence electrons. The number of fused-ring (bicyclic) bond motifs is 2. The molecule has 1 amide bonds. The second kappa shape index (κ2) is 6.83. The van der Waals surface area contributed by atoms with E-state index in [0.717, 1.165) is 16.5 Å². The molecule has 0 spiro atoms. The van der Waals surface area contributed by atoms with Crippen LogP contribution in [0.4, 0.5) is 10.1 Å². The third-order valence-electron chi connectivity index (χ3n) is 4.69. The molecule has 7 nitrogen and oxygen atoms in total. The molecule has 0 bridgehead atoms. The summed E-state index contributed by atoms with van der Waals surface area (Å²) in [5.41, 5.74) is 2.46. The molecule has 3 heterocycles. The van der Waals surface area contributed by atoms with Crippen molar-refractivity contribution in [2.75, 3.05) is 4.90 Å². The predicted octanol–water partition coefficient (Wildman–Crippen LogP) is 3.59. The number of benzene rings is 2. The number of H-pyrrole nitrogens is 1. The van der Waals surface area contributed by atoms with Crippen LogP contribution in [0.25, 0.3) is 16.7 Å². The Balaban J connectivity index is 1.57. The number of aromatic nitrogens is 5. The number of carbonyl (C=O) groups excluding carboxylic acids is 1. The van der Waals surface area contributed by atoms with Gasteiger partial charge in [-0.3, -0.25) is 4.79 Å². The Morgan fingerprint density at radius 1 is 1.10 bits per heavy atom. The van der Waals surface area contributed by atoms with Gasteiger partial charge in [0.15, 0.2) is 0 Å².